The number of aldehydes is 1. The summed E-state index contributed by atoms with van der Waals surface area (Å²) in [5, 5.41) is 0. The Balaban J connectivity index is 2.02. The van der Waals surface area contributed by atoms with Crippen LogP contribution >= 0.6 is 11.8 Å². The van der Waals surface area contributed by atoms with Crippen molar-refractivity contribution in [1.29, 1.82) is 0 Å². The summed E-state index contributed by atoms with van der Waals surface area (Å²) in [6.07, 6.45) is 2.16. The fraction of sp³-hybridized carbons (Fsp3) is 0.0909. The number of nitrogens with one attached hydrogen (secondary N) is 1. The van der Waals surface area contributed by atoms with Crippen molar-refractivity contribution < 1.29 is 9.18 Å². The number of aromatic nitrogens is 2. The van der Waals surface area contributed by atoms with Crippen LogP contribution in [0.15, 0.2) is 35.4 Å². The number of rotatable bonds is 4. The van der Waals surface area contributed by atoms with Crippen LogP contribution in [0.4, 0.5) is 4.39 Å². The third-order valence-electron chi connectivity index (χ3n) is 1.98. The molecule has 0 atom stereocenters. The van der Waals surface area contributed by atoms with Crippen molar-refractivity contribution in [2.45, 2.75) is 10.6 Å². The van der Waals surface area contributed by atoms with Gasteiger partial charge in [0.05, 0.1) is 17.6 Å². The third kappa shape index (κ3) is 2.49. The van der Waals surface area contributed by atoms with Crippen LogP contribution in [-0.2, 0) is 5.75 Å². The fourth-order valence-electron chi connectivity index (χ4n) is 1.22. The van der Waals surface area contributed by atoms with Gasteiger partial charge in [-0.05, 0) is 12.1 Å². The molecule has 0 bridgehead atoms. The molecule has 2 aromatic rings. The van der Waals surface area contributed by atoms with Crippen LogP contribution in [0.3, 0.4) is 0 Å². The minimum atomic E-state index is -0.241. The lowest BCUT2D eigenvalue weighted by Gasteiger charge is -2.00. The first kappa shape index (κ1) is 10.9. The van der Waals surface area contributed by atoms with Crippen LogP contribution in [-0.4, -0.2) is 16.3 Å². The van der Waals surface area contributed by atoms with Crippen molar-refractivity contribution in [3.8, 4) is 0 Å². The number of hydrogen-bond donors (Lipinski definition) is 1. The first-order valence-corrected chi connectivity index (χ1v) is 5.64. The molecule has 16 heavy (non-hydrogen) atoms. The lowest BCUT2D eigenvalue weighted by Crippen LogP contribution is -1.86. The quantitative estimate of drug-likeness (QED) is 0.655. The Morgan fingerprint density at radius 3 is 2.94 bits per heavy atom. The molecule has 0 fully saturated rings. The molecule has 1 N–H and O–H groups in total. The molecule has 1 aromatic heterocycles. The van der Waals surface area contributed by atoms with Crippen molar-refractivity contribution in [2.75, 3.05) is 0 Å². The maximum Gasteiger partial charge on any atom is 0.167 e. The largest absolute Gasteiger partial charge is 0.339 e. The summed E-state index contributed by atoms with van der Waals surface area (Å²) < 4.78 is 13.3. The van der Waals surface area contributed by atoms with Gasteiger partial charge >= 0.3 is 0 Å². The number of hydrogen-bond acceptors (Lipinski definition) is 3. The number of halogens is 1. The van der Waals surface area contributed by atoms with Gasteiger partial charge < -0.3 is 4.98 Å². The van der Waals surface area contributed by atoms with E-state index < -0.39 is 0 Å². The minimum absolute atomic E-state index is 0.241. The summed E-state index contributed by atoms with van der Waals surface area (Å²) in [6, 6.07) is 6.56. The van der Waals surface area contributed by atoms with Crippen molar-refractivity contribution >= 4 is 18.0 Å². The maximum absolute atomic E-state index is 13.3. The molecule has 0 unspecified atom stereocenters. The van der Waals surface area contributed by atoms with Gasteiger partial charge in [-0.15, -0.1) is 11.8 Å². The van der Waals surface area contributed by atoms with E-state index in [1.807, 2.05) is 0 Å². The average Bonchev–Trinajstić information content (AvgIpc) is 2.76. The molecule has 0 amide bonds. The second-order valence-electron chi connectivity index (χ2n) is 3.12. The highest BCUT2D eigenvalue weighted by Crippen LogP contribution is 2.23. The van der Waals surface area contributed by atoms with Gasteiger partial charge in [0.1, 0.15) is 11.6 Å². The minimum Gasteiger partial charge on any atom is -0.339 e. The van der Waals surface area contributed by atoms with Gasteiger partial charge in [-0.3, -0.25) is 4.79 Å². The van der Waals surface area contributed by atoms with Crippen LogP contribution < -0.4 is 0 Å². The molecule has 2 rings (SSSR count). The van der Waals surface area contributed by atoms with Gasteiger partial charge in [0.25, 0.3) is 0 Å². The molecular formula is C11H9FN2OS. The number of carbonyl (C=O) groups is 1. The first-order valence-electron chi connectivity index (χ1n) is 4.66. The standard InChI is InChI=1S/C11H9FN2OS/c12-9-3-1-2-4-10(9)16-7-11-13-5-8(6-15)14-11/h1-6H,7H2,(H,13,14). The molecule has 0 saturated carbocycles. The Kier molecular flexibility index (Phi) is 3.36. The highest BCUT2D eigenvalue weighted by atomic mass is 32.2. The Labute approximate surface area is 96.1 Å². The Morgan fingerprint density at radius 2 is 2.25 bits per heavy atom. The zero-order chi connectivity index (χ0) is 11.4. The predicted octanol–water partition coefficient (Wildman–Crippen LogP) is 2.65. The van der Waals surface area contributed by atoms with E-state index in [-0.39, 0.29) is 5.82 Å². The van der Waals surface area contributed by atoms with E-state index in [1.54, 1.807) is 18.2 Å². The summed E-state index contributed by atoms with van der Waals surface area (Å²) in [6.45, 7) is 0. The number of thioether (sulfide) groups is 1. The second kappa shape index (κ2) is 4.94. The average molecular weight is 236 g/mol. The number of aromatic amines is 1. The molecule has 1 heterocycles. The van der Waals surface area contributed by atoms with Crippen LogP contribution in [0, 0.1) is 5.82 Å². The smallest absolute Gasteiger partial charge is 0.167 e. The topological polar surface area (TPSA) is 45.8 Å². The maximum atomic E-state index is 13.3. The predicted molar refractivity (Wildman–Crippen MR) is 59.9 cm³/mol. The van der Waals surface area contributed by atoms with Crippen molar-refractivity contribution in [1.82, 2.24) is 9.97 Å². The van der Waals surface area contributed by atoms with Gasteiger partial charge in [0, 0.05) is 4.90 Å². The van der Waals surface area contributed by atoms with Crippen LogP contribution in [0.5, 0.6) is 0 Å². The van der Waals surface area contributed by atoms with Gasteiger partial charge in [0.2, 0.25) is 0 Å². The van der Waals surface area contributed by atoms with Crippen molar-refractivity contribution in [3.05, 3.63) is 47.8 Å². The number of H-pyrrole nitrogens is 1. The van der Waals surface area contributed by atoms with E-state index in [2.05, 4.69) is 9.97 Å². The molecular weight excluding hydrogens is 227 g/mol. The highest BCUT2D eigenvalue weighted by molar-refractivity contribution is 7.98. The lowest BCUT2D eigenvalue weighted by molar-refractivity contribution is 0.111. The van der Waals surface area contributed by atoms with E-state index in [9.17, 15) is 9.18 Å². The Hall–Kier alpha value is -1.62. The van der Waals surface area contributed by atoms with Crippen LogP contribution in [0.25, 0.3) is 0 Å². The third-order valence-corrected chi connectivity index (χ3v) is 3.04. The summed E-state index contributed by atoms with van der Waals surface area (Å²) in [5.74, 6) is 0.930. The summed E-state index contributed by atoms with van der Waals surface area (Å²) >= 11 is 1.34. The van der Waals surface area contributed by atoms with E-state index >= 15 is 0 Å². The Bertz CT molecular complexity index is 498. The highest BCUT2D eigenvalue weighted by Gasteiger charge is 2.04. The second-order valence-corrected chi connectivity index (χ2v) is 4.14. The van der Waals surface area contributed by atoms with E-state index in [1.165, 1.54) is 24.0 Å². The zero-order valence-corrected chi connectivity index (χ0v) is 9.13. The van der Waals surface area contributed by atoms with Gasteiger partial charge in [-0.1, -0.05) is 12.1 Å². The lowest BCUT2D eigenvalue weighted by atomic mass is 10.3. The van der Waals surface area contributed by atoms with Gasteiger partial charge in [0.15, 0.2) is 6.29 Å². The van der Waals surface area contributed by atoms with Gasteiger partial charge in [-0.2, -0.15) is 0 Å². The zero-order valence-electron chi connectivity index (χ0n) is 8.31. The van der Waals surface area contributed by atoms with E-state index in [4.69, 9.17) is 0 Å². The van der Waals surface area contributed by atoms with E-state index in [0.717, 1.165) is 0 Å². The molecule has 5 heteroatoms. The first-order chi connectivity index (χ1) is 7.79. The number of carbonyl (C=O) groups excluding carboxylic acids is 1. The van der Waals surface area contributed by atoms with Crippen molar-refractivity contribution in [2.24, 2.45) is 0 Å². The summed E-state index contributed by atoms with van der Waals surface area (Å²) in [7, 11) is 0. The summed E-state index contributed by atoms with van der Waals surface area (Å²) in [4.78, 5) is 17.8. The fourth-order valence-corrected chi connectivity index (χ4v) is 2.04. The molecule has 0 radical (unpaired) electrons. The van der Waals surface area contributed by atoms with Crippen molar-refractivity contribution in [3.63, 3.8) is 0 Å². The number of imidazole rings is 1. The van der Waals surface area contributed by atoms with Gasteiger partial charge in [-0.25, -0.2) is 9.37 Å². The molecule has 1 aromatic carbocycles. The van der Waals surface area contributed by atoms with E-state index in [0.29, 0.717) is 28.5 Å². The molecule has 0 aliphatic carbocycles. The monoisotopic (exact) mass is 236 g/mol. The molecule has 0 spiro atoms. The SMILES string of the molecule is O=Cc1cnc(CSc2ccccc2F)[nH]1. The number of benzene rings is 1. The molecule has 0 saturated heterocycles. The molecule has 0 aliphatic rings. The normalized spacial score (nSPS) is 10.3. The summed E-state index contributed by atoms with van der Waals surface area (Å²) in [5.41, 5.74) is 0.434. The molecule has 82 valence electrons. The van der Waals surface area contributed by atoms with Crippen LogP contribution in [0.1, 0.15) is 16.3 Å². The number of nitrogens with zero attached hydrogens (tertiary/aromatic N) is 1. The molecule has 3 nitrogen and oxygen atoms in total. The Morgan fingerprint density at radius 1 is 1.44 bits per heavy atom. The van der Waals surface area contributed by atoms with Crippen LogP contribution in [0.2, 0.25) is 0 Å². The molecule has 0 aliphatic heterocycles.